The van der Waals surface area contributed by atoms with Crippen LogP contribution in [0, 0.1) is 0 Å². The number of nitrogens with one attached hydrogen (secondary N) is 1. The van der Waals surface area contributed by atoms with Gasteiger partial charge in [0.1, 0.15) is 6.04 Å². The van der Waals surface area contributed by atoms with Gasteiger partial charge in [0.25, 0.3) is 0 Å². The Morgan fingerprint density at radius 2 is 1.86 bits per heavy atom. The maximum absolute atomic E-state index is 12.2. The zero-order chi connectivity index (χ0) is 15.8. The first-order valence-electron chi connectivity index (χ1n) is 8.46. The molecule has 2 amide bonds. The highest BCUT2D eigenvalue weighted by Crippen LogP contribution is 2.21. The number of nitrogens with zero attached hydrogens (tertiary/aromatic N) is 1. The van der Waals surface area contributed by atoms with Crippen LogP contribution in [0.1, 0.15) is 51.4 Å². The van der Waals surface area contributed by atoms with E-state index in [9.17, 15) is 9.59 Å². The van der Waals surface area contributed by atoms with E-state index >= 15 is 0 Å². The molecule has 0 aromatic rings. The van der Waals surface area contributed by atoms with Crippen molar-refractivity contribution in [3.05, 3.63) is 0 Å². The first-order valence-corrected chi connectivity index (χ1v) is 8.46. The Bertz CT molecular complexity index is 369. The molecule has 2 aliphatic rings. The minimum Gasteiger partial charge on any atom is -0.453 e. The summed E-state index contributed by atoms with van der Waals surface area (Å²) in [7, 11) is 1.35. The van der Waals surface area contributed by atoms with Crippen LogP contribution in [0.25, 0.3) is 0 Å². The van der Waals surface area contributed by atoms with E-state index in [0.29, 0.717) is 32.2 Å². The smallest absolute Gasteiger partial charge is 0.410 e. The van der Waals surface area contributed by atoms with Gasteiger partial charge in [0, 0.05) is 19.7 Å². The molecule has 0 spiro atoms. The molecule has 0 unspecified atom stereocenters. The number of methoxy groups -OCH3 is 1. The summed E-state index contributed by atoms with van der Waals surface area (Å²) in [5.74, 6) is -0.0778. The summed E-state index contributed by atoms with van der Waals surface area (Å²) >= 11 is 0. The molecule has 0 aromatic carbocycles. The lowest BCUT2D eigenvalue weighted by atomic mass is 10.0. The van der Waals surface area contributed by atoms with Gasteiger partial charge in [-0.15, -0.1) is 0 Å². The Hall–Kier alpha value is -1.30. The van der Waals surface area contributed by atoms with Gasteiger partial charge in [0.2, 0.25) is 5.91 Å². The molecule has 22 heavy (non-hydrogen) atoms. The summed E-state index contributed by atoms with van der Waals surface area (Å²) in [6.07, 6.45) is 8.30. The third-order valence-electron chi connectivity index (χ3n) is 4.49. The van der Waals surface area contributed by atoms with Crippen molar-refractivity contribution in [2.24, 2.45) is 0 Å². The molecule has 1 aliphatic carbocycles. The van der Waals surface area contributed by atoms with E-state index in [4.69, 9.17) is 9.47 Å². The molecule has 1 heterocycles. The third-order valence-corrected chi connectivity index (χ3v) is 4.49. The second-order valence-corrected chi connectivity index (χ2v) is 6.10. The zero-order valence-electron chi connectivity index (χ0n) is 13.5. The number of hydrogen-bond acceptors (Lipinski definition) is 4. The molecule has 0 radical (unpaired) electrons. The fourth-order valence-electron chi connectivity index (χ4n) is 3.25. The number of ether oxygens (including phenoxy) is 2. The van der Waals surface area contributed by atoms with Gasteiger partial charge in [0.05, 0.1) is 13.2 Å². The molecule has 0 bridgehead atoms. The summed E-state index contributed by atoms with van der Waals surface area (Å²) < 4.78 is 10.5. The van der Waals surface area contributed by atoms with Gasteiger partial charge < -0.3 is 14.8 Å². The molecular weight excluding hydrogens is 284 g/mol. The van der Waals surface area contributed by atoms with E-state index < -0.39 is 12.1 Å². The summed E-state index contributed by atoms with van der Waals surface area (Å²) in [4.78, 5) is 25.5. The van der Waals surface area contributed by atoms with Crippen molar-refractivity contribution in [1.29, 1.82) is 0 Å². The summed E-state index contributed by atoms with van der Waals surface area (Å²) in [5.41, 5.74) is 0. The minimum absolute atomic E-state index is 0.0778. The van der Waals surface area contributed by atoms with Crippen LogP contribution in [0.4, 0.5) is 4.79 Å². The van der Waals surface area contributed by atoms with Crippen molar-refractivity contribution >= 4 is 12.0 Å². The fraction of sp³-hybridized carbons (Fsp3) is 0.875. The first kappa shape index (κ1) is 17.1. The van der Waals surface area contributed by atoms with E-state index in [2.05, 4.69) is 5.32 Å². The van der Waals surface area contributed by atoms with Crippen LogP contribution in [0.5, 0.6) is 0 Å². The molecule has 1 saturated carbocycles. The van der Waals surface area contributed by atoms with Gasteiger partial charge in [0.15, 0.2) is 0 Å². The lowest BCUT2D eigenvalue weighted by molar-refractivity contribution is -0.127. The molecule has 1 saturated heterocycles. The predicted molar refractivity (Wildman–Crippen MR) is 82.6 cm³/mol. The normalized spacial score (nSPS) is 22.6. The second kappa shape index (κ2) is 8.98. The van der Waals surface area contributed by atoms with Crippen LogP contribution >= 0.6 is 0 Å². The first-order chi connectivity index (χ1) is 10.7. The highest BCUT2D eigenvalue weighted by atomic mass is 16.5. The van der Waals surface area contributed by atoms with Gasteiger partial charge >= 0.3 is 6.09 Å². The largest absolute Gasteiger partial charge is 0.453 e. The summed E-state index contributed by atoms with van der Waals surface area (Å²) in [5, 5.41) is 2.92. The molecular formula is C16H28N2O4. The van der Waals surface area contributed by atoms with Gasteiger partial charge in [-0.1, -0.05) is 12.8 Å². The van der Waals surface area contributed by atoms with Crippen molar-refractivity contribution < 1.29 is 19.1 Å². The van der Waals surface area contributed by atoms with Gasteiger partial charge in [-0.25, -0.2) is 4.79 Å². The molecule has 1 aliphatic heterocycles. The topological polar surface area (TPSA) is 67.9 Å². The average molecular weight is 312 g/mol. The third kappa shape index (κ3) is 4.87. The van der Waals surface area contributed by atoms with E-state index in [1.165, 1.54) is 37.7 Å². The van der Waals surface area contributed by atoms with Crippen LogP contribution in [0.2, 0.25) is 0 Å². The van der Waals surface area contributed by atoms with Crippen molar-refractivity contribution in [1.82, 2.24) is 10.2 Å². The highest BCUT2D eigenvalue weighted by Gasteiger charge is 2.32. The SMILES string of the molecule is COC(=O)N1CCCC[C@H]1C(=O)NCCCOC1CCCC1. The number of carbonyl (C=O) groups is 2. The average Bonchev–Trinajstić information content (AvgIpc) is 3.07. The van der Waals surface area contributed by atoms with E-state index in [1.807, 2.05) is 0 Å². The Balaban J connectivity index is 1.65. The van der Waals surface area contributed by atoms with Crippen LogP contribution in [-0.2, 0) is 14.3 Å². The van der Waals surface area contributed by atoms with Crippen molar-refractivity contribution in [3.8, 4) is 0 Å². The number of likely N-dealkylation sites (tertiary alicyclic amines) is 1. The van der Waals surface area contributed by atoms with E-state index in [0.717, 1.165) is 19.3 Å². The second-order valence-electron chi connectivity index (χ2n) is 6.10. The summed E-state index contributed by atoms with van der Waals surface area (Å²) in [6, 6.07) is -0.392. The van der Waals surface area contributed by atoms with Gasteiger partial charge in [-0.3, -0.25) is 9.69 Å². The van der Waals surface area contributed by atoms with Crippen molar-refractivity contribution in [2.45, 2.75) is 63.5 Å². The van der Waals surface area contributed by atoms with E-state index in [1.54, 1.807) is 0 Å². The zero-order valence-corrected chi connectivity index (χ0v) is 13.5. The van der Waals surface area contributed by atoms with E-state index in [-0.39, 0.29) is 5.91 Å². The molecule has 0 aromatic heterocycles. The Morgan fingerprint density at radius 1 is 1.14 bits per heavy atom. The van der Waals surface area contributed by atoms with Crippen molar-refractivity contribution in [3.63, 3.8) is 0 Å². The number of amides is 2. The maximum atomic E-state index is 12.2. The molecule has 2 fully saturated rings. The molecule has 1 atom stereocenters. The minimum atomic E-state index is -0.413. The Labute approximate surface area is 132 Å². The summed E-state index contributed by atoms with van der Waals surface area (Å²) in [6.45, 7) is 1.88. The number of carbonyl (C=O) groups excluding carboxylic acids is 2. The maximum Gasteiger partial charge on any atom is 0.410 e. The molecule has 126 valence electrons. The number of piperidine rings is 1. The molecule has 1 N–H and O–H groups in total. The Kier molecular flexibility index (Phi) is 6.96. The number of rotatable bonds is 6. The monoisotopic (exact) mass is 312 g/mol. The highest BCUT2D eigenvalue weighted by molar-refractivity contribution is 5.85. The molecule has 2 rings (SSSR count). The lowest BCUT2D eigenvalue weighted by Gasteiger charge is -2.33. The quantitative estimate of drug-likeness (QED) is 0.762. The van der Waals surface area contributed by atoms with Gasteiger partial charge in [-0.05, 0) is 38.5 Å². The van der Waals surface area contributed by atoms with Crippen LogP contribution in [0.3, 0.4) is 0 Å². The van der Waals surface area contributed by atoms with Gasteiger partial charge in [-0.2, -0.15) is 0 Å². The predicted octanol–water partition coefficient (Wildman–Crippen LogP) is 2.07. The number of hydrogen-bond donors (Lipinski definition) is 1. The fourth-order valence-corrected chi connectivity index (χ4v) is 3.25. The van der Waals surface area contributed by atoms with Crippen LogP contribution in [-0.4, -0.2) is 55.9 Å². The standard InChI is InChI=1S/C16H28N2O4/c1-21-16(20)18-11-5-4-9-14(18)15(19)17-10-6-12-22-13-7-2-3-8-13/h13-14H,2-12H2,1H3,(H,17,19)/t14-/m0/s1. The lowest BCUT2D eigenvalue weighted by Crippen LogP contribution is -2.52. The van der Waals surface area contributed by atoms with Crippen LogP contribution < -0.4 is 5.32 Å². The van der Waals surface area contributed by atoms with Crippen LogP contribution in [0.15, 0.2) is 0 Å². The Morgan fingerprint density at radius 3 is 2.59 bits per heavy atom. The molecule has 6 nitrogen and oxygen atoms in total. The van der Waals surface area contributed by atoms with Crippen molar-refractivity contribution in [2.75, 3.05) is 26.8 Å². The molecule has 6 heteroatoms.